The molecule has 0 amide bonds. The molecule has 0 fully saturated rings. The summed E-state index contributed by atoms with van der Waals surface area (Å²) in [5, 5.41) is 8.77. The van der Waals surface area contributed by atoms with E-state index in [1.165, 1.54) is 71.3 Å². The van der Waals surface area contributed by atoms with Crippen molar-refractivity contribution in [3.8, 4) is 11.1 Å². The first kappa shape index (κ1) is 25.5. The van der Waals surface area contributed by atoms with Crippen LogP contribution in [0.2, 0.25) is 0 Å². The Balaban J connectivity index is 1.35. The first-order valence-electron chi connectivity index (χ1n) is 16.0. The lowest BCUT2D eigenvalue weighted by molar-refractivity contribution is 0.593. The van der Waals surface area contributed by atoms with Crippen LogP contribution in [0.1, 0.15) is 29.2 Å². The number of hydrogen-bond acceptors (Lipinski definition) is 2. The molecule has 1 aromatic heterocycles. The standard InChI is InChI=1S/C44H29NO/c1-3-12-28(13-4-1)30-24-25-37-36(26-30)35-17-5-2-6-20-40-43(35)44-38(19-11-21-41(44)46-40)45(37)39-27-31-23-22-29-14-7-8-15-32(29)42(31)34-18-10-9-16-33(34)39/h1-16,18-27,35H,17H2. The number of nitrogens with zero attached hydrogens (tertiary/aromatic N) is 1. The number of allylic oxidation sites excluding steroid dienone is 3. The van der Waals surface area contributed by atoms with Gasteiger partial charge in [-0.25, -0.2) is 0 Å². The molecule has 1 aliphatic heterocycles. The van der Waals surface area contributed by atoms with E-state index in [1.54, 1.807) is 0 Å². The molecule has 2 nitrogen and oxygen atoms in total. The lowest BCUT2D eigenvalue weighted by atomic mass is 9.84. The summed E-state index contributed by atoms with van der Waals surface area (Å²) in [5.41, 5.74) is 9.50. The van der Waals surface area contributed by atoms with E-state index in [9.17, 15) is 0 Å². The van der Waals surface area contributed by atoms with Crippen molar-refractivity contribution < 1.29 is 4.42 Å². The third-order valence-corrected chi connectivity index (χ3v) is 9.93. The molecule has 0 saturated heterocycles. The van der Waals surface area contributed by atoms with Crippen LogP contribution in [0, 0.1) is 0 Å². The van der Waals surface area contributed by atoms with Crippen molar-refractivity contribution in [1.29, 1.82) is 0 Å². The molecule has 2 aliphatic rings. The molecule has 7 aromatic carbocycles. The Morgan fingerprint density at radius 3 is 2.26 bits per heavy atom. The summed E-state index contributed by atoms with van der Waals surface area (Å²) < 4.78 is 6.65. The molecule has 1 aliphatic carbocycles. The summed E-state index contributed by atoms with van der Waals surface area (Å²) in [6, 6.07) is 48.9. The van der Waals surface area contributed by atoms with Gasteiger partial charge >= 0.3 is 0 Å². The smallest absolute Gasteiger partial charge is 0.137 e. The minimum absolute atomic E-state index is 0.137. The molecule has 216 valence electrons. The lowest BCUT2D eigenvalue weighted by Crippen LogP contribution is -2.13. The van der Waals surface area contributed by atoms with E-state index in [0.717, 1.165) is 23.5 Å². The molecule has 1 atom stereocenters. The highest BCUT2D eigenvalue weighted by Gasteiger charge is 2.34. The van der Waals surface area contributed by atoms with Crippen molar-refractivity contribution in [2.24, 2.45) is 0 Å². The number of anilines is 3. The molecular weight excluding hydrogens is 558 g/mol. The quantitative estimate of drug-likeness (QED) is 0.187. The summed E-state index contributed by atoms with van der Waals surface area (Å²) in [6.07, 6.45) is 9.59. The van der Waals surface area contributed by atoms with Crippen LogP contribution in [0.3, 0.4) is 0 Å². The maximum Gasteiger partial charge on any atom is 0.137 e. The van der Waals surface area contributed by atoms with E-state index >= 15 is 0 Å². The van der Waals surface area contributed by atoms with Gasteiger partial charge in [-0.05, 0) is 86.5 Å². The van der Waals surface area contributed by atoms with Crippen LogP contribution < -0.4 is 4.90 Å². The molecule has 0 radical (unpaired) electrons. The van der Waals surface area contributed by atoms with Crippen LogP contribution in [0.4, 0.5) is 17.1 Å². The molecule has 1 unspecified atom stereocenters. The van der Waals surface area contributed by atoms with E-state index in [1.807, 2.05) is 0 Å². The van der Waals surface area contributed by atoms with E-state index in [2.05, 4.69) is 163 Å². The fraction of sp³-hybridized carbons (Fsp3) is 0.0455. The average molecular weight is 588 g/mol. The number of benzene rings is 7. The second-order valence-electron chi connectivity index (χ2n) is 12.4. The Morgan fingerprint density at radius 2 is 1.35 bits per heavy atom. The monoisotopic (exact) mass is 587 g/mol. The summed E-state index contributed by atoms with van der Waals surface area (Å²) in [7, 11) is 0. The molecule has 0 N–H and O–H groups in total. The topological polar surface area (TPSA) is 16.4 Å². The van der Waals surface area contributed by atoms with Crippen molar-refractivity contribution >= 4 is 66.4 Å². The number of rotatable bonds is 2. The molecule has 0 bridgehead atoms. The third-order valence-electron chi connectivity index (χ3n) is 9.93. The van der Waals surface area contributed by atoms with Crippen molar-refractivity contribution in [1.82, 2.24) is 0 Å². The molecule has 0 saturated carbocycles. The molecule has 10 rings (SSSR count). The van der Waals surface area contributed by atoms with Gasteiger partial charge in [-0.1, -0.05) is 121 Å². The maximum atomic E-state index is 6.65. The lowest BCUT2D eigenvalue weighted by Gasteiger charge is -2.30. The zero-order valence-electron chi connectivity index (χ0n) is 25.2. The number of hydrogen-bond donors (Lipinski definition) is 0. The largest absolute Gasteiger partial charge is 0.456 e. The summed E-state index contributed by atoms with van der Waals surface area (Å²) in [4.78, 5) is 2.51. The second-order valence-corrected chi connectivity index (χ2v) is 12.4. The number of furan rings is 1. The Kier molecular flexibility index (Phi) is 5.44. The molecule has 46 heavy (non-hydrogen) atoms. The SMILES string of the molecule is C1=CCC2c3cc(-c4ccccc4)ccc3N(c3cc4ccc5ccccc5c4c4ccccc34)c3cccc4oc(c2c34)C=C1. The van der Waals surface area contributed by atoms with Gasteiger partial charge in [0, 0.05) is 22.3 Å². The summed E-state index contributed by atoms with van der Waals surface area (Å²) in [6.45, 7) is 0. The van der Waals surface area contributed by atoms with E-state index in [0.29, 0.717) is 0 Å². The Labute approximate surface area is 267 Å². The van der Waals surface area contributed by atoms with E-state index < -0.39 is 0 Å². The summed E-state index contributed by atoms with van der Waals surface area (Å²) >= 11 is 0. The average Bonchev–Trinajstić information content (AvgIpc) is 3.41. The van der Waals surface area contributed by atoms with E-state index in [-0.39, 0.29) is 5.92 Å². The third kappa shape index (κ3) is 3.64. The van der Waals surface area contributed by atoms with Gasteiger partial charge in [-0.2, -0.15) is 0 Å². The van der Waals surface area contributed by atoms with Gasteiger partial charge in [0.25, 0.3) is 0 Å². The second kappa shape index (κ2) is 9.82. The highest BCUT2D eigenvalue weighted by Crippen LogP contribution is 2.54. The fourth-order valence-corrected chi connectivity index (χ4v) is 7.95. The van der Waals surface area contributed by atoms with Crippen molar-refractivity contribution in [3.05, 3.63) is 169 Å². The molecule has 2 heteroatoms. The predicted octanol–water partition coefficient (Wildman–Crippen LogP) is 12.4. The Morgan fingerprint density at radius 1 is 0.543 bits per heavy atom. The van der Waals surface area contributed by atoms with Gasteiger partial charge in [0.1, 0.15) is 11.3 Å². The van der Waals surface area contributed by atoms with Crippen LogP contribution in [0.5, 0.6) is 0 Å². The maximum absolute atomic E-state index is 6.65. The van der Waals surface area contributed by atoms with Crippen LogP contribution in [0.15, 0.2) is 156 Å². The van der Waals surface area contributed by atoms with Crippen LogP contribution in [-0.2, 0) is 0 Å². The Hall–Kier alpha value is -5.86. The number of fused-ring (bicyclic) bond motifs is 7. The van der Waals surface area contributed by atoms with Crippen molar-refractivity contribution in [2.75, 3.05) is 4.90 Å². The predicted molar refractivity (Wildman–Crippen MR) is 193 cm³/mol. The Bertz CT molecular complexity index is 2570. The summed E-state index contributed by atoms with van der Waals surface area (Å²) in [5.74, 6) is 1.09. The van der Waals surface area contributed by atoms with Gasteiger partial charge < -0.3 is 9.32 Å². The van der Waals surface area contributed by atoms with Crippen molar-refractivity contribution in [3.63, 3.8) is 0 Å². The zero-order chi connectivity index (χ0) is 30.2. The van der Waals surface area contributed by atoms with E-state index in [4.69, 9.17) is 4.42 Å². The molecule has 0 spiro atoms. The highest BCUT2D eigenvalue weighted by molar-refractivity contribution is 6.24. The van der Waals surface area contributed by atoms with Crippen LogP contribution >= 0.6 is 0 Å². The van der Waals surface area contributed by atoms with Gasteiger partial charge in [-0.3, -0.25) is 0 Å². The van der Waals surface area contributed by atoms with Crippen LogP contribution in [-0.4, -0.2) is 0 Å². The molecule has 8 aromatic rings. The minimum atomic E-state index is 0.137. The van der Waals surface area contributed by atoms with Crippen LogP contribution in [0.25, 0.3) is 60.5 Å². The van der Waals surface area contributed by atoms with Gasteiger partial charge in [-0.15, -0.1) is 0 Å². The van der Waals surface area contributed by atoms with Gasteiger partial charge in [0.15, 0.2) is 0 Å². The highest BCUT2D eigenvalue weighted by atomic mass is 16.3. The molecular formula is C44H29NO. The van der Waals surface area contributed by atoms with Gasteiger partial charge in [0.2, 0.25) is 0 Å². The fourth-order valence-electron chi connectivity index (χ4n) is 7.95. The first-order valence-corrected chi connectivity index (χ1v) is 16.0. The van der Waals surface area contributed by atoms with Crippen molar-refractivity contribution in [2.45, 2.75) is 12.3 Å². The first-order chi connectivity index (χ1) is 22.8. The minimum Gasteiger partial charge on any atom is -0.456 e. The van der Waals surface area contributed by atoms with Gasteiger partial charge in [0.05, 0.1) is 17.1 Å². The molecule has 2 heterocycles. The zero-order valence-corrected chi connectivity index (χ0v) is 25.2. The normalized spacial score (nSPS) is 15.3.